The maximum atomic E-state index is 5.61. The van der Waals surface area contributed by atoms with Gasteiger partial charge in [-0.2, -0.15) is 0 Å². The molecule has 0 aliphatic carbocycles. The summed E-state index contributed by atoms with van der Waals surface area (Å²) in [7, 11) is 0. The van der Waals surface area contributed by atoms with Crippen molar-refractivity contribution in [3.63, 3.8) is 0 Å². The van der Waals surface area contributed by atoms with E-state index in [9.17, 15) is 0 Å². The number of halogens is 1. The Balaban J connectivity index is 1.12. The van der Waals surface area contributed by atoms with Gasteiger partial charge >= 0.3 is 0 Å². The second kappa shape index (κ2) is 21.0. The molecule has 300 valence electrons. The molecule has 1 heterocycles. The first-order valence-electron chi connectivity index (χ1n) is 19.4. The van der Waals surface area contributed by atoms with Gasteiger partial charge in [0.05, 0.1) is 25.0 Å². The van der Waals surface area contributed by atoms with E-state index in [2.05, 4.69) is 210 Å². The lowest BCUT2D eigenvalue weighted by molar-refractivity contribution is 0.237. The number of hydrogen-bond acceptors (Lipinski definition) is 7. The van der Waals surface area contributed by atoms with E-state index in [1.54, 1.807) is 17.6 Å². The first kappa shape index (κ1) is 41.7. The zero-order chi connectivity index (χ0) is 41.5. The molecule has 0 aliphatic rings. The Morgan fingerprint density at radius 1 is 0.383 bits per heavy atom. The van der Waals surface area contributed by atoms with Crippen molar-refractivity contribution >= 4 is 68.1 Å². The molecule has 0 fully saturated rings. The van der Waals surface area contributed by atoms with Gasteiger partial charge in [0.2, 0.25) is 0 Å². The molecular formula is C52H45IN2O4S. The van der Waals surface area contributed by atoms with E-state index in [-0.39, 0.29) is 0 Å². The minimum atomic E-state index is 0.478. The molecule has 6 aromatic carbocycles. The summed E-state index contributed by atoms with van der Waals surface area (Å²) in [4.78, 5) is 6.92. The van der Waals surface area contributed by atoms with Crippen LogP contribution in [0, 0.1) is 0 Å². The second-order valence-corrected chi connectivity index (χ2v) is 15.4. The molecule has 7 aromatic rings. The molecule has 8 heteroatoms. The highest BCUT2D eigenvalue weighted by molar-refractivity contribution is 14.1. The van der Waals surface area contributed by atoms with Gasteiger partial charge in [-0.25, -0.2) is 0 Å². The maximum Gasteiger partial charge on any atom is 0.112 e. The average molecular weight is 921 g/mol. The van der Waals surface area contributed by atoms with E-state index in [0.29, 0.717) is 26.4 Å². The summed E-state index contributed by atoms with van der Waals surface area (Å²) < 4.78 is 23.7. The molecule has 0 unspecified atom stereocenters. The van der Waals surface area contributed by atoms with Crippen LogP contribution in [-0.4, -0.2) is 0 Å². The van der Waals surface area contributed by atoms with Gasteiger partial charge in [-0.05, 0) is 141 Å². The minimum Gasteiger partial charge on any atom is -0.497 e. The number of hydrogen-bond donors (Lipinski definition) is 0. The third-order valence-electron chi connectivity index (χ3n) is 9.71. The third kappa shape index (κ3) is 10.6. The highest BCUT2D eigenvalue weighted by Gasteiger charge is 2.16. The molecule has 60 heavy (non-hydrogen) atoms. The van der Waals surface area contributed by atoms with Crippen molar-refractivity contribution in [3.8, 4) is 20.9 Å². The van der Waals surface area contributed by atoms with Crippen LogP contribution in [0.4, 0.5) is 34.1 Å². The third-order valence-corrected chi connectivity index (χ3v) is 11.2. The highest BCUT2D eigenvalue weighted by Crippen LogP contribution is 2.40. The van der Waals surface area contributed by atoms with Gasteiger partial charge in [-0.15, -0.1) is 11.3 Å². The first-order chi connectivity index (χ1) is 29.6. The van der Waals surface area contributed by atoms with Crippen molar-refractivity contribution in [3.05, 3.63) is 229 Å². The second-order valence-electron chi connectivity index (χ2n) is 13.6. The number of ether oxygens (including phenoxy) is 4. The van der Waals surface area contributed by atoms with Crippen molar-refractivity contribution in [1.29, 1.82) is 0 Å². The normalized spacial score (nSPS) is 10.8. The fourth-order valence-electron chi connectivity index (χ4n) is 6.70. The molecule has 0 spiro atoms. The van der Waals surface area contributed by atoms with Gasteiger partial charge < -0.3 is 28.7 Å². The highest BCUT2D eigenvalue weighted by atomic mass is 127. The molecule has 1 aromatic heterocycles. The van der Waals surface area contributed by atoms with Gasteiger partial charge in [0.1, 0.15) is 26.4 Å². The lowest BCUT2D eigenvalue weighted by atomic mass is 10.1. The fraction of sp³-hybridized carbons (Fsp3) is 0.0769. The van der Waals surface area contributed by atoms with Crippen molar-refractivity contribution in [1.82, 2.24) is 0 Å². The summed E-state index contributed by atoms with van der Waals surface area (Å²) in [5.74, 6) is 0. The molecule has 0 aliphatic heterocycles. The van der Waals surface area contributed by atoms with E-state index in [0.717, 1.165) is 67.5 Å². The Labute approximate surface area is 370 Å². The summed E-state index contributed by atoms with van der Waals surface area (Å²) in [6.45, 7) is 12.9. The molecule has 0 saturated heterocycles. The summed E-state index contributed by atoms with van der Waals surface area (Å²) in [6.07, 6.45) is 6.11. The van der Waals surface area contributed by atoms with Crippen LogP contribution in [0.25, 0.3) is 20.9 Å². The minimum absolute atomic E-state index is 0.478. The standard InChI is InChI=1S/C52H45IN2O4S/c1-4-56-35-39-7-19-45(20-8-39)54(46-21-9-40(10-22-46)36-57-5-2)49-27-15-43(16-28-49)51-31-32-52(60-51)44-17-29-50(30-18-44)55(47-23-11-41(12-24-47)37-58-6-3)48-25-13-42(14-26-48)38-59-34-33-53/h4-34H,1-3,35-38H2/b34-33+. The Bertz CT molecular complexity index is 2420. The quantitative estimate of drug-likeness (QED) is 0.0561. The zero-order valence-corrected chi connectivity index (χ0v) is 36.1. The van der Waals surface area contributed by atoms with Crippen LogP contribution >= 0.6 is 33.9 Å². The number of rotatable bonds is 20. The van der Waals surface area contributed by atoms with Gasteiger partial charge in [-0.1, -0.05) is 92.5 Å². The van der Waals surface area contributed by atoms with Crippen LogP contribution in [0.2, 0.25) is 0 Å². The Morgan fingerprint density at radius 3 is 0.917 bits per heavy atom. The molecule has 0 radical (unpaired) electrons. The van der Waals surface area contributed by atoms with Crippen LogP contribution < -0.4 is 9.80 Å². The Kier molecular flexibility index (Phi) is 14.6. The molecule has 7 rings (SSSR count). The monoisotopic (exact) mass is 920 g/mol. The zero-order valence-electron chi connectivity index (χ0n) is 33.2. The predicted molar refractivity (Wildman–Crippen MR) is 257 cm³/mol. The fourth-order valence-corrected chi connectivity index (χ4v) is 7.93. The Hall–Kier alpha value is -6.49. The van der Waals surface area contributed by atoms with Gasteiger partial charge in [-0.3, -0.25) is 0 Å². The van der Waals surface area contributed by atoms with Gasteiger partial charge in [0.25, 0.3) is 0 Å². The largest absolute Gasteiger partial charge is 0.497 e. The Morgan fingerprint density at radius 2 is 0.650 bits per heavy atom. The topological polar surface area (TPSA) is 43.4 Å². The molecule has 0 N–H and O–H groups in total. The number of anilines is 6. The summed E-state index contributed by atoms with van der Waals surface area (Å²) in [5.41, 5.74) is 12.9. The van der Waals surface area contributed by atoms with Crippen LogP contribution in [0.5, 0.6) is 0 Å². The summed E-state index contributed by atoms with van der Waals surface area (Å²) in [5, 5.41) is 0. The van der Waals surface area contributed by atoms with Crippen LogP contribution in [0.15, 0.2) is 207 Å². The number of nitrogens with zero attached hydrogens (tertiary/aromatic N) is 2. The van der Waals surface area contributed by atoms with E-state index in [1.165, 1.54) is 28.5 Å². The predicted octanol–water partition coefficient (Wildman–Crippen LogP) is 15.4. The molecule has 0 saturated carbocycles. The average Bonchev–Trinajstić information content (AvgIpc) is 3.80. The van der Waals surface area contributed by atoms with Crippen LogP contribution in [0.1, 0.15) is 22.3 Å². The molecule has 0 bridgehead atoms. The van der Waals surface area contributed by atoms with Crippen molar-refractivity contribution in [2.24, 2.45) is 0 Å². The van der Waals surface area contributed by atoms with Crippen molar-refractivity contribution in [2.45, 2.75) is 26.4 Å². The first-order valence-corrected chi connectivity index (χ1v) is 21.4. The molecule has 6 nitrogen and oxygen atoms in total. The smallest absolute Gasteiger partial charge is 0.112 e. The van der Waals surface area contributed by atoms with Crippen LogP contribution in [0.3, 0.4) is 0 Å². The summed E-state index contributed by atoms with van der Waals surface area (Å²) in [6, 6.07) is 55.7. The van der Waals surface area contributed by atoms with E-state index in [4.69, 9.17) is 18.9 Å². The number of benzene rings is 6. The van der Waals surface area contributed by atoms with Crippen molar-refractivity contribution in [2.75, 3.05) is 9.80 Å². The molecule has 0 atom stereocenters. The van der Waals surface area contributed by atoms with Crippen LogP contribution in [-0.2, 0) is 45.4 Å². The summed E-state index contributed by atoms with van der Waals surface area (Å²) >= 11 is 3.94. The lowest BCUT2D eigenvalue weighted by Gasteiger charge is -2.26. The maximum absolute atomic E-state index is 5.61. The lowest BCUT2D eigenvalue weighted by Crippen LogP contribution is -2.10. The molecular weight excluding hydrogens is 876 g/mol. The van der Waals surface area contributed by atoms with Crippen molar-refractivity contribution < 1.29 is 18.9 Å². The van der Waals surface area contributed by atoms with Gasteiger partial charge in [0.15, 0.2) is 0 Å². The van der Waals surface area contributed by atoms with Gasteiger partial charge in [0, 0.05) is 48.0 Å². The van der Waals surface area contributed by atoms with E-state index in [1.807, 2.05) is 4.08 Å². The molecule has 0 amide bonds. The SMILES string of the molecule is C=COCc1ccc(N(c2ccc(COC=C)cc2)c2ccc(-c3ccc(-c4ccc(N(c5ccc(COC=C)cc5)c5ccc(CO/C=C/I)cc5)cc4)s3)cc2)cc1. The number of thiophene rings is 1. The van der Waals surface area contributed by atoms with E-state index < -0.39 is 0 Å². The van der Waals surface area contributed by atoms with E-state index >= 15 is 0 Å².